The van der Waals surface area contributed by atoms with Crippen molar-refractivity contribution < 1.29 is 17.6 Å². The molecule has 9 heteroatoms. The fourth-order valence-electron chi connectivity index (χ4n) is 3.71. The van der Waals surface area contributed by atoms with Gasteiger partial charge in [-0.1, -0.05) is 18.9 Å². The number of piperidine rings is 1. The molecule has 0 spiro atoms. The zero-order chi connectivity index (χ0) is 18.1. The summed E-state index contributed by atoms with van der Waals surface area (Å²) in [5.74, 6) is -0.686. The first kappa shape index (κ1) is 21.1. The SMILES string of the molecule is Cl.NC1(C(=O)N2CCCC(NS(=O)(=O)c3cccc(F)c3)C2)CCCC1. The number of hydrogen-bond donors (Lipinski definition) is 2. The minimum absolute atomic E-state index is 0. The summed E-state index contributed by atoms with van der Waals surface area (Å²) in [7, 11) is -3.83. The van der Waals surface area contributed by atoms with E-state index >= 15 is 0 Å². The second kappa shape index (κ2) is 8.21. The molecule has 1 saturated heterocycles. The Labute approximate surface area is 159 Å². The first-order valence-corrected chi connectivity index (χ1v) is 10.1. The lowest BCUT2D eigenvalue weighted by Gasteiger charge is -2.37. The Morgan fingerprint density at radius 2 is 1.96 bits per heavy atom. The molecule has 1 saturated carbocycles. The number of likely N-dealkylation sites (tertiary alicyclic amines) is 1. The van der Waals surface area contributed by atoms with E-state index in [1.807, 2.05) is 0 Å². The van der Waals surface area contributed by atoms with Crippen LogP contribution in [0, 0.1) is 5.82 Å². The van der Waals surface area contributed by atoms with E-state index in [9.17, 15) is 17.6 Å². The van der Waals surface area contributed by atoms with Gasteiger partial charge in [0.2, 0.25) is 15.9 Å². The molecule has 1 atom stereocenters. The van der Waals surface area contributed by atoms with Gasteiger partial charge in [-0.15, -0.1) is 12.4 Å². The summed E-state index contributed by atoms with van der Waals surface area (Å²) in [6, 6.07) is 4.50. The smallest absolute Gasteiger partial charge is 0.242 e. The Morgan fingerprint density at radius 1 is 1.27 bits per heavy atom. The number of halogens is 2. The lowest BCUT2D eigenvalue weighted by Crippen LogP contribution is -2.58. The van der Waals surface area contributed by atoms with Crippen molar-refractivity contribution in [2.45, 2.75) is 55.0 Å². The van der Waals surface area contributed by atoms with Crippen molar-refractivity contribution in [2.75, 3.05) is 13.1 Å². The van der Waals surface area contributed by atoms with Crippen LogP contribution in [0.1, 0.15) is 38.5 Å². The average molecular weight is 406 g/mol. The van der Waals surface area contributed by atoms with E-state index in [1.165, 1.54) is 18.2 Å². The third-order valence-corrected chi connectivity index (χ3v) is 6.58. The van der Waals surface area contributed by atoms with Crippen molar-refractivity contribution >= 4 is 28.3 Å². The lowest BCUT2D eigenvalue weighted by molar-refractivity contribution is -0.138. The molecule has 0 bridgehead atoms. The molecule has 2 fully saturated rings. The summed E-state index contributed by atoms with van der Waals surface area (Å²) in [5, 5.41) is 0. The van der Waals surface area contributed by atoms with Gasteiger partial charge in [-0.2, -0.15) is 0 Å². The van der Waals surface area contributed by atoms with Gasteiger partial charge < -0.3 is 10.6 Å². The van der Waals surface area contributed by atoms with Crippen LogP contribution in [-0.2, 0) is 14.8 Å². The van der Waals surface area contributed by atoms with Crippen LogP contribution in [0.2, 0.25) is 0 Å². The molecular formula is C17H25ClFN3O3S. The summed E-state index contributed by atoms with van der Waals surface area (Å²) in [4.78, 5) is 14.3. The van der Waals surface area contributed by atoms with Crippen LogP contribution in [-0.4, -0.2) is 43.9 Å². The van der Waals surface area contributed by atoms with E-state index in [2.05, 4.69) is 4.72 Å². The average Bonchev–Trinajstić information content (AvgIpc) is 3.02. The van der Waals surface area contributed by atoms with E-state index in [4.69, 9.17) is 5.73 Å². The first-order chi connectivity index (χ1) is 11.8. The zero-order valence-electron chi connectivity index (χ0n) is 14.5. The zero-order valence-corrected chi connectivity index (χ0v) is 16.1. The number of benzene rings is 1. The van der Waals surface area contributed by atoms with Crippen molar-refractivity contribution in [3.8, 4) is 0 Å². The van der Waals surface area contributed by atoms with Crippen LogP contribution in [0.25, 0.3) is 0 Å². The number of nitrogens with zero attached hydrogens (tertiary/aromatic N) is 1. The third-order valence-electron chi connectivity index (χ3n) is 5.06. The summed E-state index contributed by atoms with van der Waals surface area (Å²) < 4.78 is 40.8. The molecule has 1 aliphatic carbocycles. The highest BCUT2D eigenvalue weighted by Gasteiger charge is 2.41. The van der Waals surface area contributed by atoms with Gasteiger partial charge in [0.25, 0.3) is 0 Å². The molecule has 1 heterocycles. The van der Waals surface area contributed by atoms with Gasteiger partial charge in [-0.3, -0.25) is 4.79 Å². The molecule has 1 aromatic rings. The number of carbonyl (C=O) groups excluding carboxylic acids is 1. The first-order valence-electron chi connectivity index (χ1n) is 8.66. The molecule has 1 aromatic carbocycles. The Hall–Kier alpha value is -1.22. The highest BCUT2D eigenvalue weighted by molar-refractivity contribution is 7.89. The maximum Gasteiger partial charge on any atom is 0.242 e. The molecule has 2 aliphatic rings. The summed E-state index contributed by atoms with van der Waals surface area (Å²) in [6.45, 7) is 0.891. The molecule has 1 unspecified atom stereocenters. The van der Waals surface area contributed by atoms with Crippen LogP contribution in [0.15, 0.2) is 29.2 Å². The topological polar surface area (TPSA) is 92.5 Å². The highest BCUT2D eigenvalue weighted by Crippen LogP contribution is 2.30. The third kappa shape index (κ3) is 4.54. The van der Waals surface area contributed by atoms with Gasteiger partial charge >= 0.3 is 0 Å². The van der Waals surface area contributed by atoms with Crippen LogP contribution in [0.5, 0.6) is 0 Å². The Bertz CT molecular complexity index is 753. The van der Waals surface area contributed by atoms with Crippen LogP contribution < -0.4 is 10.5 Å². The van der Waals surface area contributed by atoms with Gasteiger partial charge in [-0.05, 0) is 43.9 Å². The predicted molar refractivity (Wildman–Crippen MR) is 99.0 cm³/mol. The second-order valence-electron chi connectivity index (χ2n) is 7.03. The monoisotopic (exact) mass is 405 g/mol. The minimum atomic E-state index is -3.83. The van der Waals surface area contributed by atoms with Crippen molar-refractivity contribution in [1.82, 2.24) is 9.62 Å². The number of amides is 1. The van der Waals surface area contributed by atoms with Gasteiger partial charge in [0.1, 0.15) is 5.82 Å². The largest absolute Gasteiger partial charge is 0.340 e. The number of nitrogens with two attached hydrogens (primary N) is 1. The predicted octanol–water partition coefficient (Wildman–Crippen LogP) is 1.79. The van der Waals surface area contributed by atoms with E-state index in [1.54, 1.807) is 4.90 Å². The number of sulfonamides is 1. The van der Waals surface area contributed by atoms with Gasteiger partial charge in [-0.25, -0.2) is 17.5 Å². The number of hydrogen-bond acceptors (Lipinski definition) is 4. The minimum Gasteiger partial charge on any atom is -0.340 e. The summed E-state index contributed by atoms with van der Waals surface area (Å²) in [6.07, 6.45) is 4.61. The fourth-order valence-corrected chi connectivity index (χ4v) is 5.01. The lowest BCUT2D eigenvalue weighted by atomic mass is 9.95. The van der Waals surface area contributed by atoms with Crippen LogP contribution in [0.4, 0.5) is 4.39 Å². The normalized spacial score (nSPS) is 22.7. The van der Waals surface area contributed by atoms with E-state index in [0.29, 0.717) is 38.8 Å². The molecule has 3 N–H and O–H groups in total. The summed E-state index contributed by atoms with van der Waals surface area (Å²) in [5.41, 5.74) is 5.44. The molecule has 3 rings (SSSR count). The number of nitrogens with one attached hydrogen (secondary N) is 1. The van der Waals surface area contributed by atoms with Crippen LogP contribution >= 0.6 is 12.4 Å². The molecular weight excluding hydrogens is 381 g/mol. The van der Waals surface area contributed by atoms with Crippen LogP contribution in [0.3, 0.4) is 0 Å². The van der Waals surface area contributed by atoms with Gasteiger partial charge in [0.15, 0.2) is 0 Å². The molecule has 0 radical (unpaired) electrons. The Balaban J connectivity index is 0.00000243. The standard InChI is InChI=1S/C17H24FN3O3S.ClH/c18-13-5-3-7-15(11-13)25(23,24)20-14-6-4-10-21(12-14)16(22)17(19)8-1-2-9-17;/h3,5,7,11,14,20H,1-2,4,6,8-10,12,19H2;1H. The van der Waals surface area contributed by atoms with E-state index < -0.39 is 27.4 Å². The van der Waals surface area contributed by atoms with Crippen molar-refractivity contribution in [3.05, 3.63) is 30.1 Å². The van der Waals surface area contributed by atoms with E-state index in [-0.39, 0.29) is 23.2 Å². The summed E-state index contributed by atoms with van der Waals surface area (Å²) >= 11 is 0. The second-order valence-corrected chi connectivity index (χ2v) is 8.75. The molecule has 1 aliphatic heterocycles. The number of rotatable bonds is 4. The fraction of sp³-hybridized carbons (Fsp3) is 0.588. The van der Waals surface area contributed by atoms with Gasteiger partial charge in [0, 0.05) is 19.1 Å². The van der Waals surface area contributed by atoms with Gasteiger partial charge in [0.05, 0.1) is 10.4 Å². The van der Waals surface area contributed by atoms with Crippen molar-refractivity contribution in [3.63, 3.8) is 0 Å². The van der Waals surface area contributed by atoms with Crippen molar-refractivity contribution in [2.24, 2.45) is 5.73 Å². The number of carbonyl (C=O) groups is 1. The van der Waals surface area contributed by atoms with E-state index in [0.717, 1.165) is 18.9 Å². The molecule has 1 amide bonds. The maximum atomic E-state index is 13.3. The molecule has 26 heavy (non-hydrogen) atoms. The Kier molecular flexibility index (Phi) is 6.65. The Morgan fingerprint density at radius 3 is 2.62 bits per heavy atom. The molecule has 6 nitrogen and oxygen atoms in total. The maximum absolute atomic E-state index is 13.3. The molecule has 146 valence electrons. The highest BCUT2D eigenvalue weighted by atomic mass is 35.5. The van der Waals surface area contributed by atoms with Crippen molar-refractivity contribution in [1.29, 1.82) is 0 Å². The quantitative estimate of drug-likeness (QED) is 0.798. The molecule has 0 aromatic heterocycles.